The van der Waals surface area contributed by atoms with E-state index in [9.17, 15) is 13.9 Å². The number of methoxy groups -OCH3 is 1. The molecule has 3 aromatic rings. The molecule has 0 fully saturated rings. The smallest absolute Gasteiger partial charge is 0.138 e. The molecule has 0 aliphatic rings. The van der Waals surface area contributed by atoms with Crippen LogP contribution in [0.1, 0.15) is 5.56 Å². The molecule has 0 spiro atoms. The predicted octanol–water partition coefficient (Wildman–Crippen LogP) is 3.88. The first-order valence-electron chi connectivity index (χ1n) is 6.28. The van der Waals surface area contributed by atoms with Gasteiger partial charge in [-0.25, -0.2) is 8.78 Å². The lowest BCUT2D eigenvalue weighted by molar-refractivity contribution is 0.281. The molecule has 0 atom stereocenters. The zero-order valence-corrected chi connectivity index (χ0v) is 11.2. The Hall–Kier alpha value is -2.40. The molecule has 108 valence electrons. The third-order valence-electron chi connectivity index (χ3n) is 3.27. The average Bonchev–Trinajstić information content (AvgIpc) is 2.89. The van der Waals surface area contributed by atoms with Gasteiger partial charge in [0.15, 0.2) is 0 Å². The highest BCUT2D eigenvalue weighted by Crippen LogP contribution is 2.38. The Kier molecular flexibility index (Phi) is 3.35. The maximum atomic E-state index is 13.4. The van der Waals surface area contributed by atoms with Gasteiger partial charge >= 0.3 is 0 Å². The Labute approximate surface area is 119 Å². The van der Waals surface area contributed by atoms with Crippen molar-refractivity contribution in [3.63, 3.8) is 0 Å². The van der Waals surface area contributed by atoms with Crippen LogP contribution in [0.5, 0.6) is 5.75 Å². The van der Waals surface area contributed by atoms with Gasteiger partial charge in [-0.3, -0.25) is 0 Å². The number of hydrogen-bond donors (Lipinski definition) is 1. The molecule has 1 aromatic heterocycles. The molecule has 0 radical (unpaired) electrons. The molecule has 0 unspecified atom stereocenters. The molecule has 0 amide bonds. The predicted molar refractivity (Wildman–Crippen MR) is 74.0 cm³/mol. The van der Waals surface area contributed by atoms with Crippen LogP contribution in [-0.4, -0.2) is 12.2 Å². The summed E-state index contributed by atoms with van der Waals surface area (Å²) in [5, 5.41) is 9.83. The quantitative estimate of drug-likeness (QED) is 0.796. The van der Waals surface area contributed by atoms with E-state index in [1.54, 1.807) is 12.1 Å². The first kappa shape index (κ1) is 13.6. The molecule has 0 aliphatic heterocycles. The van der Waals surface area contributed by atoms with Gasteiger partial charge in [0.1, 0.15) is 23.0 Å². The summed E-state index contributed by atoms with van der Waals surface area (Å²) in [4.78, 5) is 0. The number of fused-ring (bicyclic) bond motifs is 1. The van der Waals surface area contributed by atoms with E-state index in [1.807, 2.05) is 0 Å². The fraction of sp³-hybridized carbons (Fsp3) is 0.125. The summed E-state index contributed by atoms with van der Waals surface area (Å²) in [6, 6.07) is 6.60. The van der Waals surface area contributed by atoms with Gasteiger partial charge in [-0.15, -0.1) is 0 Å². The minimum Gasteiger partial charge on any atom is -0.496 e. The van der Waals surface area contributed by atoms with E-state index >= 15 is 0 Å². The molecule has 0 bridgehead atoms. The highest BCUT2D eigenvalue weighted by atomic mass is 19.1. The van der Waals surface area contributed by atoms with Gasteiger partial charge in [-0.05, 0) is 35.4 Å². The highest BCUT2D eigenvalue weighted by Gasteiger charge is 2.15. The van der Waals surface area contributed by atoms with Gasteiger partial charge in [0.25, 0.3) is 0 Å². The molecular formula is C16H12F2O3. The van der Waals surface area contributed by atoms with Crippen molar-refractivity contribution in [1.82, 2.24) is 0 Å². The lowest BCUT2D eigenvalue weighted by Crippen LogP contribution is -1.90. The van der Waals surface area contributed by atoms with Crippen LogP contribution in [-0.2, 0) is 6.61 Å². The molecule has 3 nitrogen and oxygen atoms in total. The average molecular weight is 290 g/mol. The fourth-order valence-corrected chi connectivity index (χ4v) is 2.36. The van der Waals surface area contributed by atoms with Crippen LogP contribution < -0.4 is 4.74 Å². The van der Waals surface area contributed by atoms with Crippen molar-refractivity contribution in [2.24, 2.45) is 0 Å². The van der Waals surface area contributed by atoms with E-state index in [4.69, 9.17) is 9.15 Å². The number of aliphatic hydroxyl groups excluding tert-OH is 1. The van der Waals surface area contributed by atoms with Crippen LogP contribution in [0.2, 0.25) is 0 Å². The second-order valence-corrected chi connectivity index (χ2v) is 4.64. The summed E-state index contributed by atoms with van der Waals surface area (Å²) >= 11 is 0. The first-order valence-corrected chi connectivity index (χ1v) is 6.28. The van der Waals surface area contributed by atoms with Crippen molar-refractivity contribution in [3.8, 4) is 16.9 Å². The molecule has 21 heavy (non-hydrogen) atoms. The molecular weight excluding hydrogens is 278 g/mol. The van der Waals surface area contributed by atoms with Crippen LogP contribution in [0, 0.1) is 11.6 Å². The molecule has 1 heterocycles. The molecule has 0 saturated carbocycles. The van der Waals surface area contributed by atoms with Crippen molar-refractivity contribution in [2.45, 2.75) is 6.61 Å². The number of rotatable bonds is 3. The molecule has 2 aromatic carbocycles. The Bertz CT molecular complexity index is 788. The van der Waals surface area contributed by atoms with Crippen LogP contribution in [0.15, 0.2) is 41.0 Å². The standard InChI is InChI=1S/C16H12F2O3/c1-20-14-2-9(7-19)3-15-16(14)13(8-21-15)10-4-11(17)6-12(18)5-10/h2-6,8,19H,7H2,1H3. The van der Waals surface area contributed by atoms with Gasteiger partial charge < -0.3 is 14.3 Å². The summed E-state index contributed by atoms with van der Waals surface area (Å²) < 4.78 is 37.5. The van der Waals surface area contributed by atoms with Crippen LogP contribution in [0.4, 0.5) is 8.78 Å². The van der Waals surface area contributed by atoms with Gasteiger partial charge in [0.2, 0.25) is 0 Å². The van der Waals surface area contributed by atoms with Crippen LogP contribution in [0.25, 0.3) is 22.1 Å². The first-order chi connectivity index (χ1) is 10.1. The van der Waals surface area contributed by atoms with E-state index in [-0.39, 0.29) is 6.61 Å². The number of ether oxygens (including phenoxy) is 1. The highest BCUT2D eigenvalue weighted by molar-refractivity contribution is 5.98. The molecule has 5 heteroatoms. The van der Waals surface area contributed by atoms with Gasteiger partial charge in [0.05, 0.1) is 25.4 Å². The second kappa shape index (κ2) is 5.18. The van der Waals surface area contributed by atoms with E-state index in [1.165, 1.54) is 25.5 Å². The Morgan fingerprint density at radius 2 is 1.81 bits per heavy atom. The SMILES string of the molecule is COc1cc(CO)cc2occ(-c3cc(F)cc(F)c3)c12. The van der Waals surface area contributed by atoms with E-state index < -0.39 is 11.6 Å². The van der Waals surface area contributed by atoms with Crippen molar-refractivity contribution in [2.75, 3.05) is 7.11 Å². The molecule has 3 rings (SSSR count). The van der Waals surface area contributed by atoms with Gasteiger partial charge in [-0.2, -0.15) is 0 Å². The number of aliphatic hydroxyl groups is 1. The van der Waals surface area contributed by atoms with E-state index in [0.29, 0.717) is 33.4 Å². The summed E-state index contributed by atoms with van der Waals surface area (Å²) in [6.45, 7) is -0.156. The third-order valence-corrected chi connectivity index (χ3v) is 3.27. The minimum atomic E-state index is -0.662. The van der Waals surface area contributed by atoms with Crippen molar-refractivity contribution < 1.29 is 23.0 Å². The lowest BCUT2D eigenvalue weighted by Gasteiger charge is -2.06. The largest absolute Gasteiger partial charge is 0.496 e. The monoisotopic (exact) mass is 290 g/mol. The Morgan fingerprint density at radius 1 is 1.10 bits per heavy atom. The van der Waals surface area contributed by atoms with Crippen molar-refractivity contribution in [3.05, 3.63) is 53.8 Å². The summed E-state index contributed by atoms with van der Waals surface area (Å²) in [7, 11) is 1.48. The zero-order chi connectivity index (χ0) is 15.0. The maximum absolute atomic E-state index is 13.4. The van der Waals surface area contributed by atoms with Gasteiger partial charge in [0, 0.05) is 11.6 Å². The topological polar surface area (TPSA) is 42.6 Å². The van der Waals surface area contributed by atoms with Gasteiger partial charge in [-0.1, -0.05) is 0 Å². The van der Waals surface area contributed by atoms with Crippen LogP contribution >= 0.6 is 0 Å². The molecule has 1 N–H and O–H groups in total. The molecule has 0 aliphatic carbocycles. The normalized spacial score (nSPS) is 11.0. The number of hydrogen-bond acceptors (Lipinski definition) is 3. The maximum Gasteiger partial charge on any atom is 0.138 e. The number of furan rings is 1. The van der Waals surface area contributed by atoms with E-state index in [2.05, 4.69) is 0 Å². The summed E-state index contributed by atoms with van der Waals surface area (Å²) in [5.74, 6) is -0.847. The Balaban J connectivity index is 2.28. The molecule has 0 saturated heterocycles. The summed E-state index contributed by atoms with van der Waals surface area (Å²) in [5.41, 5.74) is 2.01. The van der Waals surface area contributed by atoms with E-state index in [0.717, 1.165) is 6.07 Å². The third kappa shape index (κ3) is 2.36. The lowest BCUT2D eigenvalue weighted by atomic mass is 10.0. The van der Waals surface area contributed by atoms with Crippen molar-refractivity contribution >= 4 is 11.0 Å². The summed E-state index contributed by atoms with van der Waals surface area (Å²) in [6.07, 6.45) is 1.42. The number of benzene rings is 2. The van der Waals surface area contributed by atoms with Crippen LogP contribution in [0.3, 0.4) is 0 Å². The second-order valence-electron chi connectivity index (χ2n) is 4.64. The number of halogens is 2. The minimum absolute atomic E-state index is 0.156. The zero-order valence-electron chi connectivity index (χ0n) is 11.2. The van der Waals surface area contributed by atoms with Crippen molar-refractivity contribution in [1.29, 1.82) is 0 Å². The Morgan fingerprint density at radius 3 is 2.43 bits per heavy atom. The fourth-order valence-electron chi connectivity index (χ4n) is 2.36.